The van der Waals surface area contributed by atoms with Gasteiger partial charge >= 0.3 is 11.9 Å². The van der Waals surface area contributed by atoms with E-state index in [1.807, 2.05) is 6.08 Å². The molecular formula is C28H42O4. The summed E-state index contributed by atoms with van der Waals surface area (Å²) in [5, 5.41) is 0. The molecule has 0 aromatic carbocycles. The molecule has 1 unspecified atom stereocenters. The van der Waals surface area contributed by atoms with Crippen molar-refractivity contribution in [2.75, 3.05) is 7.11 Å². The summed E-state index contributed by atoms with van der Waals surface area (Å²) in [6, 6.07) is 0. The largest absolute Gasteiger partial charge is 0.466 e. The Kier molecular flexibility index (Phi) is 6.62. The van der Waals surface area contributed by atoms with E-state index in [0.717, 1.165) is 49.4 Å². The fraction of sp³-hybridized carbons (Fsp3) is 0.786. The summed E-state index contributed by atoms with van der Waals surface area (Å²) in [6.07, 6.45) is 16.8. The third kappa shape index (κ3) is 4.07. The van der Waals surface area contributed by atoms with Gasteiger partial charge in [0.1, 0.15) is 6.10 Å². The van der Waals surface area contributed by atoms with E-state index in [1.54, 1.807) is 11.6 Å². The first-order valence-corrected chi connectivity index (χ1v) is 12.8. The van der Waals surface area contributed by atoms with E-state index < -0.39 is 0 Å². The number of rotatable bonds is 5. The van der Waals surface area contributed by atoms with Crippen LogP contribution in [-0.2, 0) is 19.1 Å². The lowest BCUT2D eigenvalue weighted by Crippen LogP contribution is -2.51. The van der Waals surface area contributed by atoms with Gasteiger partial charge in [-0.1, -0.05) is 38.5 Å². The lowest BCUT2D eigenvalue weighted by atomic mass is 9.47. The SMILES string of the molecule is COC(=O)C=CCC(C)[C@H]1CC[C@H]2[C@@H]3CC=C4C[C@@H](OC(C)=O)CC[C@]4(C)[C@H]3CC[C@]12C. The van der Waals surface area contributed by atoms with E-state index in [9.17, 15) is 9.59 Å². The van der Waals surface area contributed by atoms with Gasteiger partial charge in [0.15, 0.2) is 0 Å². The van der Waals surface area contributed by atoms with Gasteiger partial charge in [0, 0.05) is 19.4 Å². The van der Waals surface area contributed by atoms with Gasteiger partial charge in [-0.3, -0.25) is 4.79 Å². The molecular weight excluding hydrogens is 400 g/mol. The molecule has 3 fully saturated rings. The minimum atomic E-state index is -0.255. The summed E-state index contributed by atoms with van der Waals surface area (Å²) in [4.78, 5) is 22.9. The topological polar surface area (TPSA) is 52.6 Å². The Bertz CT molecular complexity index is 797. The molecule has 178 valence electrons. The number of carbonyl (C=O) groups is 2. The Morgan fingerprint density at radius 1 is 1.16 bits per heavy atom. The Morgan fingerprint density at radius 3 is 2.66 bits per heavy atom. The maximum atomic E-state index is 11.5. The second kappa shape index (κ2) is 8.99. The summed E-state index contributed by atoms with van der Waals surface area (Å²) < 4.78 is 10.3. The Balaban J connectivity index is 1.47. The Labute approximate surface area is 194 Å². The molecule has 0 aromatic rings. The molecule has 0 bridgehead atoms. The number of allylic oxidation sites excluding steroid dienone is 2. The number of hydrogen-bond acceptors (Lipinski definition) is 4. The van der Waals surface area contributed by atoms with Crippen molar-refractivity contribution in [1.29, 1.82) is 0 Å². The van der Waals surface area contributed by atoms with Gasteiger partial charge in [0.25, 0.3) is 0 Å². The molecule has 0 aromatic heterocycles. The highest BCUT2D eigenvalue weighted by Gasteiger charge is 2.59. The number of ether oxygens (including phenoxy) is 2. The van der Waals surface area contributed by atoms with Gasteiger partial charge in [0.05, 0.1) is 7.11 Å². The third-order valence-corrected chi connectivity index (χ3v) is 10.1. The zero-order valence-electron chi connectivity index (χ0n) is 20.7. The van der Waals surface area contributed by atoms with E-state index in [4.69, 9.17) is 9.47 Å². The molecule has 0 N–H and O–H groups in total. The molecule has 4 aliphatic rings. The van der Waals surface area contributed by atoms with Crippen LogP contribution in [0.15, 0.2) is 23.8 Å². The van der Waals surface area contributed by atoms with Crippen molar-refractivity contribution in [3.05, 3.63) is 23.8 Å². The average molecular weight is 443 g/mol. The Hall–Kier alpha value is -1.58. The summed E-state index contributed by atoms with van der Waals surface area (Å²) in [5.74, 6) is 3.28. The van der Waals surface area contributed by atoms with Gasteiger partial charge in [-0.25, -0.2) is 4.79 Å². The number of esters is 2. The Morgan fingerprint density at radius 2 is 1.94 bits per heavy atom. The normalized spacial score (nSPS) is 41.8. The predicted octanol–water partition coefficient (Wildman–Crippen LogP) is 6.25. The van der Waals surface area contributed by atoms with Crippen LogP contribution in [0.5, 0.6) is 0 Å². The van der Waals surface area contributed by atoms with Crippen LogP contribution in [0.25, 0.3) is 0 Å². The van der Waals surface area contributed by atoms with Crippen LogP contribution in [0.2, 0.25) is 0 Å². The van der Waals surface area contributed by atoms with Crippen LogP contribution in [0.4, 0.5) is 0 Å². The molecule has 0 amide bonds. The predicted molar refractivity (Wildman–Crippen MR) is 126 cm³/mol. The van der Waals surface area contributed by atoms with Crippen molar-refractivity contribution >= 4 is 11.9 Å². The van der Waals surface area contributed by atoms with Gasteiger partial charge in [0.2, 0.25) is 0 Å². The summed E-state index contributed by atoms with van der Waals surface area (Å²) in [6.45, 7) is 8.99. The van der Waals surface area contributed by atoms with E-state index in [2.05, 4.69) is 26.8 Å². The highest BCUT2D eigenvalue weighted by atomic mass is 16.5. The van der Waals surface area contributed by atoms with E-state index in [1.165, 1.54) is 46.1 Å². The number of fused-ring (bicyclic) bond motifs is 5. The summed E-state index contributed by atoms with van der Waals surface area (Å²) in [7, 11) is 1.44. The molecule has 0 heterocycles. The van der Waals surface area contributed by atoms with Crippen molar-refractivity contribution in [2.24, 2.45) is 40.4 Å². The van der Waals surface area contributed by atoms with Gasteiger partial charge in [-0.15, -0.1) is 0 Å². The highest BCUT2D eigenvalue weighted by Crippen LogP contribution is 2.67. The quantitative estimate of drug-likeness (QED) is 0.287. The smallest absolute Gasteiger partial charge is 0.330 e. The fourth-order valence-electron chi connectivity index (χ4n) is 8.55. The van der Waals surface area contributed by atoms with Crippen LogP contribution >= 0.6 is 0 Å². The zero-order chi connectivity index (χ0) is 23.1. The molecule has 4 aliphatic carbocycles. The number of hydrogen-bond donors (Lipinski definition) is 0. The molecule has 0 radical (unpaired) electrons. The summed E-state index contributed by atoms with van der Waals surface area (Å²) >= 11 is 0. The monoisotopic (exact) mass is 442 g/mol. The van der Waals surface area contributed by atoms with Crippen LogP contribution in [0, 0.1) is 40.4 Å². The lowest BCUT2D eigenvalue weighted by Gasteiger charge is -2.58. The highest BCUT2D eigenvalue weighted by molar-refractivity contribution is 5.81. The van der Waals surface area contributed by atoms with Crippen molar-refractivity contribution in [3.8, 4) is 0 Å². The minimum Gasteiger partial charge on any atom is -0.466 e. The number of methoxy groups -OCH3 is 1. The molecule has 4 rings (SSSR count). The maximum Gasteiger partial charge on any atom is 0.330 e. The fourth-order valence-corrected chi connectivity index (χ4v) is 8.55. The molecule has 8 atom stereocenters. The molecule has 0 aliphatic heterocycles. The standard InChI is InChI=1S/C28H42O4/c1-18(7-6-8-26(30)31-5)23-11-12-24-22-10-9-20-17-21(32-19(2)29)13-15-27(20,3)25(22)14-16-28(23,24)4/h6,8-9,18,21-25H,7,10-17H2,1-5H3/t18?,21-,22-,23+,24-,25-,27-,28+/m0/s1. The minimum absolute atomic E-state index is 0.0759. The van der Waals surface area contributed by atoms with Crippen LogP contribution in [-0.4, -0.2) is 25.2 Å². The first-order chi connectivity index (χ1) is 15.2. The van der Waals surface area contributed by atoms with Crippen LogP contribution in [0.3, 0.4) is 0 Å². The van der Waals surface area contributed by atoms with Crippen molar-refractivity contribution in [3.63, 3.8) is 0 Å². The van der Waals surface area contributed by atoms with Gasteiger partial charge in [-0.2, -0.15) is 0 Å². The molecule has 4 heteroatoms. The van der Waals surface area contributed by atoms with Gasteiger partial charge in [-0.05, 0) is 91.8 Å². The first-order valence-electron chi connectivity index (χ1n) is 12.8. The molecule has 32 heavy (non-hydrogen) atoms. The molecule has 4 nitrogen and oxygen atoms in total. The van der Waals surface area contributed by atoms with Crippen molar-refractivity contribution in [2.45, 2.75) is 91.6 Å². The van der Waals surface area contributed by atoms with E-state index >= 15 is 0 Å². The second-order valence-corrected chi connectivity index (χ2v) is 11.6. The maximum absolute atomic E-state index is 11.5. The van der Waals surface area contributed by atoms with E-state index in [-0.39, 0.29) is 23.5 Å². The third-order valence-electron chi connectivity index (χ3n) is 10.1. The lowest BCUT2D eigenvalue weighted by molar-refractivity contribution is -0.148. The summed E-state index contributed by atoms with van der Waals surface area (Å²) in [5.41, 5.74) is 2.26. The molecule has 3 saturated carbocycles. The average Bonchev–Trinajstić information content (AvgIpc) is 3.10. The molecule has 0 spiro atoms. The van der Waals surface area contributed by atoms with E-state index in [0.29, 0.717) is 11.3 Å². The molecule has 0 saturated heterocycles. The second-order valence-electron chi connectivity index (χ2n) is 11.6. The van der Waals surface area contributed by atoms with Crippen LogP contribution < -0.4 is 0 Å². The van der Waals surface area contributed by atoms with Crippen LogP contribution in [0.1, 0.15) is 85.5 Å². The van der Waals surface area contributed by atoms with Gasteiger partial charge < -0.3 is 9.47 Å². The van der Waals surface area contributed by atoms with Crippen molar-refractivity contribution < 1.29 is 19.1 Å². The van der Waals surface area contributed by atoms with Crippen molar-refractivity contribution in [1.82, 2.24) is 0 Å². The number of carbonyl (C=O) groups excluding carboxylic acids is 2. The first kappa shape index (κ1) is 23.6. The zero-order valence-corrected chi connectivity index (χ0v) is 20.7.